The highest BCUT2D eigenvalue weighted by Crippen LogP contribution is 2.23. The molecule has 3 nitrogen and oxygen atoms in total. The molecule has 2 atom stereocenters. The summed E-state index contributed by atoms with van der Waals surface area (Å²) in [4.78, 5) is 14.6. The molecular weight excluding hydrogens is 200 g/mol. The van der Waals surface area contributed by atoms with Crippen molar-refractivity contribution in [3.8, 4) is 0 Å². The van der Waals surface area contributed by atoms with Crippen LogP contribution in [0.1, 0.15) is 45.4 Å². The Bertz CT molecular complexity index is 236. The standard InChI is InChI=1S/C13H24N2O/c1-2-12-7-3-4-9-15(12)13(16)11-6-5-8-14-10-11/h11-12,14H,2-10H2,1H3/t11-,12+/m0/s1. The van der Waals surface area contributed by atoms with Crippen molar-refractivity contribution >= 4 is 5.91 Å². The Kier molecular flexibility index (Phi) is 4.22. The van der Waals surface area contributed by atoms with Gasteiger partial charge in [0.25, 0.3) is 0 Å². The fourth-order valence-corrected chi connectivity index (χ4v) is 3.01. The number of carbonyl (C=O) groups excluding carboxylic acids is 1. The maximum Gasteiger partial charge on any atom is 0.227 e. The van der Waals surface area contributed by atoms with Crippen LogP contribution in [0.5, 0.6) is 0 Å². The smallest absolute Gasteiger partial charge is 0.227 e. The second-order valence-electron chi connectivity index (χ2n) is 5.13. The van der Waals surface area contributed by atoms with Gasteiger partial charge >= 0.3 is 0 Å². The van der Waals surface area contributed by atoms with Crippen LogP contribution in [-0.4, -0.2) is 36.5 Å². The van der Waals surface area contributed by atoms with Crippen LogP contribution in [-0.2, 0) is 4.79 Å². The predicted octanol–water partition coefficient (Wildman–Crippen LogP) is 1.78. The Morgan fingerprint density at radius 3 is 2.88 bits per heavy atom. The Morgan fingerprint density at radius 2 is 2.19 bits per heavy atom. The summed E-state index contributed by atoms with van der Waals surface area (Å²) in [5.41, 5.74) is 0. The molecular formula is C13H24N2O. The van der Waals surface area contributed by atoms with Crippen LogP contribution in [0.3, 0.4) is 0 Å². The Labute approximate surface area is 98.6 Å². The highest BCUT2D eigenvalue weighted by Gasteiger charge is 2.31. The summed E-state index contributed by atoms with van der Waals surface area (Å²) in [5, 5.41) is 3.34. The third-order valence-corrected chi connectivity index (χ3v) is 4.03. The maximum absolute atomic E-state index is 12.4. The molecule has 2 saturated heterocycles. The number of amides is 1. The van der Waals surface area contributed by atoms with Crippen molar-refractivity contribution in [2.24, 2.45) is 5.92 Å². The summed E-state index contributed by atoms with van der Waals surface area (Å²) in [5.74, 6) is 0.666. The first-order valence-electron chi connectivity index (χ1n) is 6.84. The number of hydrogen-bond acceptors (Lipinski definition) is 2. The van der Waals surface area contributed by atoms with Crippen molar-refractivity contribution in [3.63, 3.8) is 0 Å². The quantitative estimate of drug-likeness (QED) is 0.775. The summed E-state index contributed by atoms with van der Waals surface area (Å²) in [7, 11) is 0. The molecule has 92 valence electrons. The number of piperidine rings is 2. The lowest BCUT2D eigenvalue weighted by Crippen LogP contribution is -2.49. The Hall–Kier alpha value is -0.570. The molecule has 0 aromatic carbocycles. The molecule has 0 bridgehead atoms. The molecule has 2 aliphatic rings. The minimum Gasteiger partial charge on any atom is -0.339 e. The number of carbonyl (C=O) groups is 1. The van der Waals surface area contributed by atoms with Crippen LogP contribution < -0.4 is 5.32 Å². The van der Waals surface area contributed by atoms with Gasteiger partial charge in [0.15, 0.2) is 0 Å². The molecule has 0 aliphatic carbocycles. The molecule has 1 N–H and O–H groups in total. The van der Waals surface area contributed by atoms with Crippen molar-refractivity contribution in [2.75, 3.05) is 19.6 Å². The van der Waals surface area contributed by atoms with E-state index in [1.54, 1.807) is 0 Å². The summed E-state index contributed by atoms with van der Waals surface area (Å²) >= 11 is 0. The third kappa shape index (κ3) is 2.57. The number of hydrogen-bond donors (Lipinski definition) is 1. The van der Waals surface area contributed by atoms with Gasteiger partial charge in [-0.15, -0.1) is 0 Å². The lowest BCUT2D eigenvalue weighted by molar-refractivity contribution is -0.139. The first-order valence-corrected chi connectivity index (χ1v) is 6.84. The van der Waals surface area contributed by atoms with Crippen LogP contribution in [0.4, 0.5) is 0 Å². The number of likely N-dealkylation sites (tertiary alicyclic amines) is 1. The van der Waals surface area contributed by atoms with Gasteiger partial charge < -0.3 is 10.2 Å². The van der Waals surface area contributed by atoms with E-state index >= 15 is 0 Å². The van der Waals surface area contributed by atoms with E-state index in [1.165, 1.54) is 19.3 Å². The Morgan fingerprint density at radius 1 is 1.31 bits per heavy atom. The molecule has 3 heteroatoms. The normalized spacial score (nSPS) is 31.4. The zero-order valence-corrected chi connectivity index (χ0v) is 10.4. The number of nitrogens with one attached hydrogen (secondary N) is 1. The third-order valence-electron chi connectivity index (χ3n) is 4.03. The summed E-state index contributed by atoms with van der Waals surface area (Å²) in [6, 6.07) is 0.517. The van der Waals surface area contributed by atoms with E-state index in [-0.39, 0.29) is 5.92 Å². The molecule has 0 aromatic rings. The van der Waals surface area contributed by atoms with Crippen molar-refractivity contribution in [1.82, 2.24) is 10.2 Å². The van der Waals surface area contributed by atoms with Crippen LogP contribution in [0.15, 0.2) is 0 Å². The molecule has 2 rings (SSSR count). The zero-order valence-electron chi connectivity index (χ0n) is 10.4. The minimum atomic E-state index is 0.251. The Balaban J connectivity index is 1.95. The molecule has 2 fully saturated rings. The van der Waals surface area contributed by atoms with Crippen molar-refractivity contribution in [1.29, 1.82) is 0 Å². The average Bonchev–Trinajstić information content (AvgIpc) is 2.39. The van der Waals surface area contributed by atoms with Crippen LogP contribution in [0, 0.1) is 5.92 Å². The molecule has 1 amide bonds. The van der Waals surface area contributed by atoms with Crippen LogP contribution >= 0.6 is 0 Å². The van der Waals surface area contributed by atoms with E-state index in [0.717, 1.165) is 38.9 Å². The van der Waals surface area contributed by atoms with Gasteiger partial charge in [-0.25, -0.2) is 0 Å². The lowest BCUT2D eigenvalue weighted by Gasteiger charge is -2.38. The first-order chi connectivity index (χ1) is 7.83. The fraction of sp³-hybridized carbons (Fsp3) is 0.923. The van der Waals surface area contributed by atoms with E-state index in [2.05, 4.69) is 17.1 Å². The van der Waals surface area contributed by atoms with E-state index in [4.69, 9.17) is 0 Å². The second-order valence-corrected chi connectivity index (χ2v) is 5.13. The molecule has 0 unspecified atom stereocenters. The summed E-state index contributed by atoms with van der Waals surface area (Å²) in [6.45, 7) is 5.18. The van der Waals surface area contributed by atoms with Gasteiger partial charge in [0.2, 0.25) is 5.91 Å². The van der Waals surface area contributed by atoms with Crippen molar-refractivity contribution in [2.45, 2.75) is 51.5 Å². The molecule has 2 heterocycles. The van der Waals surface area contributed by atoms with Gasteiger partial charge in [-0.1, -0.05) is 6.92 Å². The summed E-state index contributed by atoms with van der Waals surface area (Å²) < 4.78 is 0. The first kappa shape index (κ1) is 11.9. The van der Waals surface area contributed by atoms with E-state index in [1.807, 2.05) is 0 Å². The monoisotopic (exact) mass is 224 g/mol. The van der Waals surface area contributed by atoms with Gasteiger partial charge in [0.1, 0.15) is 0 Å². The topological polar surface area (TPSA) is 32.3 Å². The molecule has 0 radical (unpaired) electrons. The van der Waals surface area contributed by atoms with Crippen molar-refractivity contribution in [3.05, 3.63) is 0 Å². The highest BCUT2D eigenvalue weighted by molar-refractivity contribution is 5.79. The summed E-state index contributed by atoms with van der Waals surface area (Å²) in [6.07, 6.45) is 7.06. The van der Waals surface area contributed by atoms with Crippen molar-refractivity contribution < 1.29 is 4.79 Å². The second kappa shape index (κ2) is 5.67. The molecule has 2 aliphatic heterocycles. The van der Waals surface area contributed by atoms with Gasteiger partial charge in [0, 0.05) is 19.1 Å². The fourth-order valence-electron chi connectivity index (χ4n) is 3.01. The minimum absolute atomic E-state index is 0.251. The van der Waals surface area contributed by atoms with Gasteiger partial charge in [-0.2, -0.15) is 0 Å². The van der Waals surface area contributed by atoms with Gasteiger partial charge in [-0.05, 0) is 45.1 Å². The highest BCUT2D eigenvalue weighted by atomic mass is 16.2. The maximum atomic E-state index is 12.4. The SMILES string of the molecule is CC[C@@H]1CCCCN1C(=O)[C@H]1CCCNC1. The van der Waals surface area contributed by atoms with E-state index in [9.17, 15) is 4.79 Å². The molecule has 0 saturated carbocycles. The molecule has 0 aromatic heterocycles. The largest absolute Gasteiger partial charge is 0.339 e. The van der Waals surface area contributed by atoms with Crippen LogP contribution in [0.25, 0.3) is 0 Å². The predicted molar refractivity (Wildman–Crippen MR) is 65.2 cm³/mol. The van der Waals surface area contributed by atoms with Crippen LogP contribution in [0.2, 0.25) is 0 Å². The van der Waals surface area contributed by atoms with E-state index < -0.39 is 0 Å². The molecule has 0 spiro atoms. The van der Waals surface area contributed by atoms with E-state index in [0.29, 0.717) is 11.9 Å². The number of rotatable bonds is 2. The van der Waals surface area contributed by atoms with Gasteiger partial charge in [0.05, 0.1) is 5.92 Å². The molecule has 16 heavy (non-hydrogen) atoms. The number of nitrogens with zero attached hydrogens (tertiary/aromatic N) is 1. The lowest BCUT2D eigenvalue weighted by atomic mass is 9.93. The zero-order chi connectivity index (χ0) is 11.4. The average molecular weight is 224 g/mol. The van der Waals surface area contributed by atoms with Gasteiger partial charge in [-0.3, -0.25) is 4.79 Å².